The molecular weight excluding hydrogens is 336 g/mol. The molecule has 3 aromatic carbocycles. The second-order valence-electron chi connectivity index (χ2n) is 6.25. The molecule has 27 heavy (non-hydrogen) atoms. The van der Waals surface area contributed by atoms with E-state index >= 15 is 0 Å². The molecule has 3 rings (SSSR count). The van der Waals surface area contributed by atoms with Crippen molar-refractivity contribution in [1.29, 1.82) is 5.26 Å². The van der Waals surface area contributed by atoms with Gasteiger partial charge in [0.2, 0.25) is 5.91 Å². The Morgan fingerprint density at radius 1 is 1.00 bits per heavy atom. The number of nitriles is 1. The summed E-state index contributed by atoms with van der Waals surface area (Å²) < 4.78 is 0. The van der Waals surface area contributed by atoms with E-state index in [1.165, 1.54) is 0 Å². The lowest BCUT2D eigenvalue weighted by Gasteiger charge is -2.32. The van der Waals surface area contributed by atoms with Crippen molar-refractivity contribution in [3.63, 3.8) is 0 Å². The van der Waals surface area contributed by atoms with Gasteiger partial charge in [-0.05, 0) is 47.5 Å². The smallest absolute Gasteiger partial charge is 0.244 e. The van der Waals surface area contributed by atoms with E-state index in [9.17, 15) is 4.79 Å². The molecular formula is C22H20N4O. The van der Waals surface area contributed by atoms with Crippen LogP contribution in [0.3, 0.4) is 0 Å². The zero-order valence-corrected chi connectivity index (χ0v) is 14.7. The first kappa shape index (κ1) is 18.0. The van der Waals surface area contributed by atoms with Crippen molar-refractivity contribution >= 4 is 17.3 Å². The highest BCUT2D eigenvalue weighted by Gasteiger charge is 2.26. The fourth-order valence-corrected chi connectivity index (χ4v) is 3.07. The summed E-state index contributed by atoms with van der Waals surface area (Å²) >= 11 is 0. The second-order valence-corrected chi connectivity index (χ2v) is 6.25. The lowest BCUT2D eigenvalue weighted by molar-refractivity contribution is -0.119. The fourth-order valence-electron chi connectivity index (χ4n) is 3.07. The third kappa shape index (κ3) is 4.25. The van der Waals surface area contributed by atoms with E-state index in [1.807, 2.05) is 53.4 Å². The predicted molar refractivity (Wildman–Crippen MR) is 107 cm³/mol. The van der Waals surface area contributed by atoms with Crippen molar-refractivity contribution in [3.8, 4) is 6.07 Å². The highest BCUT2D eigenvalue weighted by atomic mass is 16.1. The summed E-state index contributed by atoms with van der Waals surface area (Å²) in [5, 5.41) is 9.06. The first-order chi connectivity index (χ1) is 13.1. The topological polar surface area (TPSA) is 96.1 Å². The van der Waals surface area contributed by atoms with Gasteiger partial charge in [0.25, 0.3) is 0 Å². The van der Waals surface area contributed by atoms with Gasteiger partial charge in [0.05, 0.1) is 11.6 Å². The number of rotatable bonds is 6. The van der Waals surface area contributed by atoms with Crippen LogP contribution < -0.4 is 16.4 Å². The van der Waals surface area contributed by atoms with E-state index in [1.54, 1.807) is 30.3 Å². The Hall–Kier alpha value is -3.78. The molecule has 5 heteroatoms. The van der Waals surface area contributed by atoms with Crippen LogP contribution >= 0.6 is 0 Å². The molecule has 1 atom stereocenters. The Kier molecular flexibility index (Phi) is 5.38. The van der Waals surface area contributed by atoms with E-state index in [0.29, 0.717) is 17.8 Å². The van der Waals surface area contributed by atoms with Crippen LogP contribution in [0, 0.1) is 11.3 Å². The molecule has 134 valence electrons. The molecule has 1 amide bonds. The van der Waals surface area contributed by atoms with Gasteiger partial charge in [0.15, 0.2) is 0 Å². The van der Waals surface area contributed by atoms with Gasteiger partial charge in [0.1, 0.15) is 6.04 Å². The van der Waals surface area contributed by atoms with Crippen molar-refractivity contribution in [3.05, 3.63) is 95.6 Å². The number of primary amides is 1. The zero-order valence-electron chi connectivity index (χ0n) is 14.7. The molecule has 0 bridgehead atoms. The number of carbonyl (C=O) groups is 1. The maximum Gasteiger partial charge on any atom is 0.244 e. The summed E-state index contributed by atoms with van der Waals surface area (Å²) in [5.74, 6) is -0.471. The molecule has 0 radical (unpaired) electrons. The van der Waals surface area contributed by atoms with E-state index in [4.69, 9.17) is 16.7 Å². The van der Waals surface area contributed by atoms with Gasteiger partial charge in [-0.15, -0.1) is 0 Å². The highest BCUT2D eigenvalue weighted by Crippen LogP contribution is 2.30. The quantitative estimate of drug-likeness (QED) is 0.662. The van der Waals surface area contributed by atoms with Gasteiger partial charge in [-0.3, -0.25) is 4.79 Å². The molecule has 5 nitrogen and oxygen atoms in total. The standard InChI is InChI=1S/C22H20N4O/c23-14-16-9-11-20(12-10-16)26(15-17-5-2-1-3-6-17)21(22(25)27)18-7-4-8-19(24)13-18/h1-13,21H,15,24H2,(H2,25,27). The SMILES string of the molecule is N#Cc1ccc(N(Cc2ccccc2)C(C(N)=O)c2cccc(N)c2)cc1. The van der Waals surface area contributed by atoms with E-state index in [-0.39, 0.29) is 0 Å². The van der Waals surface area contributed by atoms with Gasteiger partial charge in [-0.25, -0.2) is 0 Å². The van der Waals surface area contributed by atoms with E-state index < -0.39 is 11.9 Å². The molecule has 0 saturated heterocycles. The van der Waals surface area contributed by atoms with Crippen molar-refractivity contribution in [2.75, 3.05) is 10.6 Å². The number of hydrogen-bond acceptors (Lipinski definition) is 4. The molecule has 0 aliphatic carbocycles. The summed E-state index contributed by atoms with van der Waals surface area (Å²) in [6.07, 6.45) is 0. The number of carbonyl (C=O) groups excluding carboxylic acids is 1. The summed E-state index contributed by atoms with van der Waals surface area (Å²) in [7, 11) is 0. The Morgan fingerprint density at radius 2 is 1.70 bits per heavy atom. The number of hydrogen-bond donors (Lipinski definition) is 2. The molecule has 4 N–H and O–H groups in total. The summed E-state index contributed by atoms with van der Waals surface area (Å²) in [6.45, 7) is 0.481. The molecule has 0 spiro atoms. The maximum absolute atomic E-state index is 12.4. The van der Waals surface area contributed by atoms with Crippen molar-refractivity contribution < 1.29 is 4.79 Å². The minimum Gasteiger partial charge on any atom is -0.399 e. The average Bonchev–Trinajstić information content (AvgIpc) is 2.68. The Morgan fingerprint density at radius 3 is 2.30 bits per heavy atom. The normalized spacial score (nSPS) is 11.4. The third-order valence-corrected chi connectivity index (χ3v) is 4.33. The predicted octanol–water partition coefficient (Wildman–Crippen LogP) is 3.37. The molecule has 0 aliphatic heterocycles. The monoisotopic (exact) mass is 356 g/mol. The average molecular weight is 356 g/mol. The van der Waals surface area contributed by atoms with Crippen molar-refractivity contribution in [1.82, 2.24) is 0 Å². The second kappa shape index (κ2) is 8.07. The molecule has 3 aromatic rings. The Labute approximate surface area is 158 Å². The van der Waals surface area contributed by atoms with Gasteiger partial charge in [0, 0.05) is 17.9 Å². The minimum atomic E-state index is -0.693. The molecule has 0 fully saturated rings. The van der Waals surface area contributed by atoms with Gasteiger partial charge in [-0.2, -0.15) is 5.26 Å². The van der Waals surface area contributed by atoms with Crippen LogP contribution in [0.1, 0.15) is 22.7 Å². The summed E-state index contributed by atoms with van der Waals surface area (Å²) in [5.41, 5.74) is 15.4. The number of benzene rings is 3. The summed E-state index contributed by atoms with van der Waals surface area (Å²) in [4.78, 5) is 14.4. The van der Waals surface area contributed by atoms with Gasteiger partial charge in [-0.1, -0.05) is 42.5 Å². The Balaban J connectivity index is 2.07. The molecule has 0 saturated carbocycles. The minimum absolute atomic E-state index is 0.471. The zero-order chi connectivity index (χ0) is 19.2. The molecule has 1 unspecified atom stereocenters. The van der Waals surface area contributed by atoms with Crippen LogP contribution in [0.2, 0.25) is 0 Å². The van der Waals surface area contributed by atoms with E-state index in [0.717, 1.165) is 16.8 Å². The molecule has 0 aliphatic rings. The number of nitrogens with zero attached hydrogens (tertiary/aromatic N) is 2. The van der Waals surface area contributed by atoms with E-state index in [2.05, 4.69) is 6.07 Å². The molecule has 0 heterocycles. The highest BCUT2D eigenvalue weighted by molar-refractivity contribution is 5.85. The van der Waals surface area contributed by atoms with Crippen molar-refractivity contribution in [2.45, 2.75) is 12.6 Å². The number of anilines is 2. The number of nitrogen functional groups attached to an aromatic ring is 1. The van der Waals surface area contributed by atoms with Gasteiger partial charge < -0.3 is 16.4 Å². The van der Waals surface area contributed by atoms with Crippen LogP contribution in [0.15, 0.2) is 78.9 Å². The lowest BCUT2D eigenvalue weighted by Crippen LogP contribution is -2.37. The number of nitrogens with two attached hydrogens (primary N) is 2. The Bertz CT molecular complexity index is 962. The lowest BCUT2D eigenvalue weighted by atomic mass is 10.0. The molecule has 0 aromatic heterocycles. The van der Waals surface area contributed by atoms with Crippen LogP contribution in [0.4, 0.5) is 11.4 Å². The largest absolute Gasteiger partial charge is 0.399 e. The number of amides is 1. The van der Waals surface area contributed by atoms with Crippen LogP contribution in [0.5, 0.6) is 0 Å². The third-order valence-electron chi connectivity index (χ3n) is 4.33. The summed E-state index contributed by atoms with van der Waals surface area (Å²) in [6, 6.07) is 25.5. The van der Waals surface area contributed by atoms with Crippen LogP contribution in [-0.4, -0.2) is 5.91 Å². The van der Waals surface area contributed by atoms with Crippen molar-refractivity contribution in [2.24, 2.45) is 5.73 Å². The fraction of sp³-hybridized carbons (Fsp3) is 0.0909. The first-order valence-corrected chi connectivity index (χ1v) is 8.54. The first-order valence-electron chi connectivity index (χ1n) is 8.54. The maximum atomic E-state index is 12.4. The van der Waals surface area contributed by atoms with Gasteiger partial charge >= 0.3 is 0 Å². The van der Waals surface area contributed by atoms with Crippen LogP contribution in [0.25, 0.3) is 0 Å². The van der Waals surface area contributed by atoms with Crippen LogP contribution in [-0.2, 0) is 11.3 Å².